The molecule has 4 amide bonds. The average molecular weight is 644 g/mol. The minimum Gasteiger partial charge on any atom is -0.352 e. The molecule has 2 heterocycles. The van der Waals surface area contributed by atoms with Crippen molar-refractivity contribution < 1.29 is 19.2 Å². The van der Waals surface area contributed by atoms with Crippen LogP contribution in [-0.4, -0.2) is 94.7 Å². The van der Waals surface area contributed by atoms with Gasteiger partial charge in [0.15, 0.2) is 0 Å². The Hall–Kier alpha value is -2.42. The highest BCUT2D eigenvalue weighted by Gasteiger charge is 2.40. The van der Waals surface area contributed by atoms with Crippen molar-refractivity contribution in [2.24, 2.45) is 11.3 Å². The Labute approximate surface area is 279 Å². The number of piperidine rings is 1. The van der Waals surface area contributed by atoms with Gasteiger partial charge >= 0.3 is 0 Å². The van der Waals surface area contributed by atoms with Crippen LogP contribution in [0, 0.1) is 11.3 Å². The van der Waals surface area contributed by atoms with Gasteiger partial charge in [-0.25, -0.2) is 0 Å². The summed E-state index contributed by atoms with van der Waals surface area (Å²) in [5.41, 5.74) is 0.0243. The third kappa shape index (κ3) is 10.0. The van der Waals surface area contributed by atoms with Crippen molar-refractivity contribution >= 4 is 23.6 Å². The second kappa shape index (κ2) is 17.1. The summed E-state index contributed by atoms with van der Waals surface area (Å²) >= 11 is 0. The van der Waals surface area contributed by atoms with Gasteiger partial charge in [-0.05, 0) is 77.2 Å². The number of likely N-dealkylation sites (tertiary alicyclic amines) is 2. The summed E-state index contributed by atoms with van der Waals surface area (Å²) in [4.78, 5) is 60.7. The molecule has 262 valence electrons. The largest absolute Gasteiger partial charge is 0.352 e. The van der Waals surface area contributed by atoms with Gasteiger partial charge in [-0.1, -0.05) is 79.2 Å². The van der Waals surface area contributed by atoms with E-state index >= 15 is 0 Å². The van der Waals surface area contributed by atoms with E-state index in [-0.39, 0.29) is 53.7 Å². The van der Waals surface area contributed by atoms with E-state index in [1.807, 2.05) is 40.7 Å². The van der Waals surface area contributed by atoms with Gasteiger partial charge in [0.25, 0.3) is 0 Å². The van der Waals surface area contributed by atoms with Crippen molar-refractivity contribution in [1.82, 2.24) is 25.3 Å². The molecule has 46 heavy (non-hydrogen) atoms. The summed E-state index contributed by atoms with van der Waals surface area (Å²) in [5, 5.41) is 6.43. The fraction of sp³-hybridized carbons (Fsp3) is 0.838. The van der Waals surface area contributed by atoms with Gasteiger partial charge in [0, 0.05) is 31.2 Å². The van der Waals surface area contributed by atoms with E-state index in [9.17, 15) is 19.2 Å². The highest BCUT2D eigenvalue weighted by Crippen LogP contribution is 2.27. The number of carbonyl (C=O) groups excluding carboxylic acids is 4. The molecule has 3 rings (SSSR count). The van der Waals surface area contributed by atoms with E-state index in [0.29, 0.717) is 18.5 Å². The normalized spacial score (nSPS) is 23.9. The molecule has 9 nitrogen and oxygen atoms in total. The molecular weight excluding hydrogens is 578 g/mol. The third-order valence-corrected chi connectivity index (χ3v) is 10.4. The quantitative estimate of drug-likeness (QED) is 0.309. The Bertz CT molecular complexity index is 1070. The zero-order chi connectivity index (χ0) is 34.2. The fourth-order valence-corrected chi connectivity index (χ4v) is 7.58. The van der Waals surface area contributed by atoms with Crippen molar-refractivity contribution in [2.75, 3.05) is 20.1 Å². The summed E-state index contributed by atoms with van der Waals surface area (Å²) in [7, 11) is 1.77. The van der Waals surface area contributed by atoms with Gasteiger partial charge in [-0.15, -0.1) is 0 Å². The number of rotatable bonds is 10. The van der Waals surface area contributed by atoms with Crippen LogP contribution in [-0.2, 0) is 19.2 Å². The highest BCUT2D eigenvalue weighted by molar-refractivity contribution is 5.97. The summed E-state index contributed by atoms with van der Waals surface area (Å²) in [6.07, 6.45) is 14.2. The predicted molar refractivity (Wildman–Crippen MR) is 185 cm³/mol. The first-order chi connectivity index (χ1) is 21.6. The van der Waals surface area contributed by atoms with Gasteiger partial charge in [0.2, 0.25) is 23.6 Å². The fourth-order valence-electron chi connectivity index (χ4n) is 7.58. The average Bonchev–Trinajstić information content (AvgIpc) is 3.48. The lowest BCUT2D eigenvalue weighted by molar-refractivity contribution is -0.142. The molecule has 0 aromatic heterocycles. The lowest BCUT2D eigenvalue weighted by Crippen LogP contribution is -2.60. The minimum atomic E-state index is -0.716. The molecule has 0 aromatic rings. The number of hydrogen-bond donors (Lipinski definition) is 2. The number of nitrogens with one attached hydrogen (secondary N) is 2. The van der Waals surface area contributed by atoms with Crippen molar-refractivity contribution in [3.8, 4) is 0 Å². The molecule has 2 saturated heterocycles. The van der Waals surface area contributed by atoms with Crippen LogP contribution in [0.4, 0.5) is 0 Å². The third-order valence-electron chi connectivity index (χ3n) is 10.4. The number of carbonyl (C=O) groups is 4. The summed E-state index contributed by atoms with van der Waals surface area (Å²) in [6, 6.07) is -1.33. The molecule has 0 radical (unpaired) electrons. The van der Waals surface area contributed by atoms with Crippen LogP contribution in [0.15, 0.2) is 11.6 Å². The second-order valence-corrected chi connectivity index (χ2v) is 15.9. The van der Waals surface area contributed by atoms with Crippen LogP contribution in [0.25, 0.3) is 0 Å². The topological polar surface area (TPSA) is 102 Å². The van der Waals surface area contributed by atoms with Gasteiger partial charge < -0.3 is 20.4 Å². The number of nitrogens with zero attached hydrogens (tertiary/aromatic N) is 3. The molecule has 1 aliphatic carbocycles. The Morgan fingerprint density at radius 3 is 1.96 bits per heavy atom. The maximum Gasteiger partial charge on any atom is 0.249 e. The van der Waals surface area contributed by atoms with Crippen LogP contribution in [0.5, 0.6) is 0 Å². The van der Waals surface area contributed by atoms with E-state index in [2.05, 4.69) is 29.4 Å². The molecule has 2 N–H and O–H groups in total. The van der Waals surface area contributed by atoms with E-state index in [4.69, 9.17) is 0 Å². The second-order valence-electron chi connectivity index (χ2n) is 15.9. The van der Waals surface area contributed by atoms with Crippen LogP contribution in [0.1, 0.15) is 132 Å². The van der Waals surface area contributed by atoms with E-state index in [1.165, 1.54) is 19.3 Å². The highest BCUT2D eigenvalue weighted by atomic mass is 16.2. The van der Waals surface area contributed by atoms with Crippen molar-refractivity contribution in [3.05, 3.63) is 11.6 Å². The number of amides is 4. The molecule has 3 fully saturated rings. The lowest BCUT2D eigenvalue weighted by atomic mass is 9.84. The molecule has 9 heteroatoms. The molecular formula is C37H65N5O4. The first-order valence-corrected chi connectivity index (χ1v) is 18.3. The van der Waals surface area contributed by atoms with Gasteiger partial charge in [0.1, 0.15) is 12.1 Å². The minimum absolute atomic E-state index is 0.0276. The summed E-state index contributed by atoms with van der Waals surface area (Å²) < 4.78 is 0. The summed E-state index contributed by atoms with van der Waals surface area (Å²) in [5.74, 6) is -0.403. The Balaban J connectivity index is 1.74. The maximum atomic E-state index is 14.2. The molecule has 3 aliphatic rings. The zero-order valence-electron chi connectivity index (χ0n) is 30.5. The SMILES string of the molecule is C/C(=C\[C@H](C(C)C)N(C)C(=O)[C@@H](NC(=O)[C@H]1CCCCN1C(C)C)C(C)(C)C)C(=O)N1CCC[C@H]1C(=O)NC1CCCCCCC1. The maximum absolute atomic E-state index is 14.2. The van der Waals surface area contributed by atoms with E-state index in [0.717, 1.165) is 57.9 Å². The smallest absolute Gasteiger partial charge is 0.249 e. The Morgan fingerprint density at radius 1 is 0.783 bits per heavy atom. The van der Waals surface area contributed by atoms with Gasteiger partial charge in [-0.3, -0.25) is 24.1 Å². The summed E-state index contributed by atoms with van der Waals surface area (Å²) in [6.45, 7) is 17.5. The predicted octanol–water partition coefficient (Wildman–Crippen LogP) is 5.43. The molecule has 1 saturated carbocycles. The van der Waals surface area contributed by atoms with Crippen LogP contribution >= 0.6 is 0 Å². The molecule has 0 unspecified atom stereocenters. The van der Waals surface area contributed by atoms with Crippen LogP contribution in [0.2, 0.25) is 0 Å². The number of hydrogen-bond acceptors (Lipinski definition) is 5. The van der Waals surface area contributed by atoms with Crippen LogP contribution < -0.4 is 10.6 Å². The molecule has 0 aromatic carbocycles. The van der Waals surface area contributed by atoms with Crippen molar-refractivity contribution in [3.63, 3.8) is 0 Å². The first-order valence-electron chi connectivity index (χ1n) is 18.3. The molecule has 2 aliphatic heterocycles. The van der Waals surface area contributed by atoms with Crippen molar-refractivity contribution in [1.29, 1.82) is 0 Å². The Morgan fingerprint density at radius 2 is 1.37 bits per heavy atom. The van der Waals surface area contributed by atoms with Gasteiger partial charge in [-0.2, -0.15) is 0 Å². The molecule has 0 spiro atoms. The lowest BCUT2D eigenvalue weighted by Gasteiger charge is -2.41. The van der Waals surface area contributed by atoms with Crippen molar-refractivity contribution in [2.45, 2.75) is 169 Å². The van der Waals surface area contributed by atoms with Crippen LogP contribution in [0.3, 0.4) is 0 Å². The first kappa shape index (κ1) is 38.0. The van der Waals surface area contributed by atoms with Gasteiger partial charge in [0.05, 0.1) is 12.1 Å². The standard InChI is InChI=1S/C37H65N5O4/c1-25(2)31(40(9)36(46)32(37(6,7)8)39-34(44)29-20-15-16-22-41(29)26(3)4)24-27(5)35(45)42-23-17-21-30(42)33(43)38-28-18-13-11-10-12-14-19-28/h24-26,28-32H,10-23H2,1-9H3,(H,38,43)(H,39,44)/b27-24+/t29-,30+,31-,32-/m1/s1. The van der Waals surface area contributed by atoms with E-state index in [1.54, 1.807) is 23.8 Å². The molecule has 0 bridgehead atoms. The zero-order valence-corrected chi connectivity index (χ0v) is 30.5. The number of likely N-dealkylation sites (N-methyl/N-ethyl adjacent to an activating group) is 1. The Kier molecular flexibility index (Phi) is 14.2. The molecule has 4 atom stereocenters. The monoisotopic (exact) mass is 644 g/mol. The van der Waals surface area contributed by atoms with E-state index < -0.39 is 17.5 Å².